The molecule has 0 bridgehead atoms. The van der Waals surface area contributed by atoms with Crippen molar-refractivity contribution >= 4 is 5.91 Å². The zero-order valence-corrected chi connectivity index (χ0v) is 12.8. The van der Waals surface area contributed by atoms with Gasteiger partial charge in [-0.3, -0.25) is 4.79 Å². The maximum Gasteiger partial charge on any atom is 0.245 e. The summed E-state index contributed by atoms with van der Waals surface area (Å²) < 4.78 is 32.0. The lowest BCUT2D eigenvalue weighted by atomic mass is 9.74. The number of ether oxygens (including phenoxy) is 1. The minimum absolute atomic E-state index is 0.0629. The third kappa shape index (κ3) is 2.54. The Balaban J connectivity index is 1.83. The number of alkyl halides is 2. The quantitative estimate of drug-likeness (QED) is 0.838. The molecule has 122 valence electrons. The van der Waals surface area contributed by atoms with Crippen molar-refractivity contribution in [1.29, 1.82) is 5.26 Å². The van der Waals surface area contributed by atoms with Crippen LogP contribution in [0.5, 0.6) is 5.75 Å². The molecule has 2 fully saturated rings. The summed E-state index contributed by atoms with van der Waals surface area (Å²) in [5.74, 6) is -1.18. The van der Waals surface area contributed by atoms with Crippen molar-refractivity contribution < 1.29 is 18.3 Å². The van der Waals surface area contributed by atoms with Gasteiger partial charge in [0.05, 0.1) is 19.1 Å². The Hall–Kier alpha value is -2.16. The Morgan fingerprint density at radius 1 is 1.39 bits per heavy atom. The normalized spacial score (nSPS) is 27.3. The highest BCUT2D eigenvalue weighted by Gasteiger charge is 2.64. The molecule has 1 saturated carbocycles. The first kappa shape index (κ1) is 15.7. The van der Waals surface area contributed by atoms with Gasteiger partial charge in [-0.25, -0.2) is 8.78 Å². The third-order valence-corrected chi connectivity index (χ3v) is 4.89. The van der Waals surface area contributed by atoms with Gasteiger partial charge >= 0.3 is 0 Å². The van der Waals surface area contributed by atoms with Crippen LogP contribution >= 0.6 is 0 Å². The van der Waals surface area contributed by atoms with E-state index in [0.29, 0.717) is 18.6 Å². The number of rotatable bonds is 5. The highest BCUT2D eigenvalue weighted by molar-refractivity contribution is 5.89. The van der Waals surface area contributed by atoms with Crippen molar-refractivity contribution in [3.8, 4) is 11.8 Å². The van der Waals surface area contributed by atoms with E-state index in [-0.39, 0.29) is 19.0 Å². The maximum atomic E-state index is 13.4. The topological polar surface area (TPSA) is 53.3 Å². The number of carbonyl (C=O) groups is 1. The number of carbonyl (C=O) groups excluding carboxylic acids is 1. The second kappa shape index (κ2) is 5.80. The molecule has 0 N–H and O–H groups in total. The molecule has 1 aliphatic carbocycles. The highest BCUT2D eigenvalue weighted by atomic mass is 19.3. The molecule has 0 aromatic heterocycles. The average molecular weight is 320 g/mol. The molecule has 2 aliphatic rings. The fourth-order valence-electron chi connectivity index (χ4n) is 3.49. The summed E-state index contributed by atoms with van der Waals surface area (Å²) in [6.45, 7) is 0.175. The van der Waals surface area contributed by atoms with E-state index < -0.39 is 23.7 Å². The van der Waals surface area contributed by atoms with Gasteiger partial charge in [-0.2, -0.15) is 5.26 Å². The number of likely N-dealkylation sites (tertiary alicyclic amines) is 1. The van der Waals surface area contributed by atoms with Crippen molar-refractivity contribution in [3.05, 3.63) is 29.8 Å². The first-order valence-corrected chi connectivity index (χ1v) is 7.64. The molecule has 2 unspecified atom stereocenters. The predicted octanol–water partition coefficient (Wildman–Crippen LogP) is 2.84. The monoisotopic (exact) mass is 320 g/mol. The van der Waals surface area contributed by atoms with Crippen molar-refractivity contribution in [3.63, 3.8) is 0 Å². The van der Waals surface area contributed by atoms with Gasteiger partial charge in [0.1, 0.15) is 11.2 Å². The van der Waals surface area contributed by atoms with Crippen molar-refractivity contribution in [1.82, 2.24) is 4.90 Å². The van der Waals surface area contributed by atoms with Crippen LogP contribution in [-0.2, 0) is 11.3 Å². The number of methoxy groups -OCH3 is 1. The van der Waals surface area contributed by atoms with Crippen LogP contribution < -0.4 is 4.74 Å². The Labute approximate surface area is 133 Å². The van der Waals surface area contributed by atoms with Crippen LogP contribution in [0, 0.1) is 28.6 Å². The molecule has 6 heteroatoms. The molecule has 2 atom stereocenters. The molecule has 1 amide bonds. The Morgan fingerprint density at radius 2 is 2.04 bits per heavy atom. The fourth-order valence-corrected chi connectivity index (χ4v) is 3.49. The molecule has 3 rings (SSSR count). The SMILES string of the molecule is COc1ccc(CN2CC(C(F)F)C(C#N)(C3CC3)C2=O)cc1. The first-order chi connectivity index (χ1) is 11.0. The van der Waals surface area contributed by atoms with Crippen LogP contribution in [-0.4, -0.2) is 30.9 Å². The van der Waals surface area contributed by atoms with Gasteiger partial charge in [-0.1, -0.05) is 12.1 Å². The van der Waals surface area contributed by atoms with E-state index in [2.05, 4.69) is 0 Å². The van der Waals surface area contributed by atoms with Gasteiger partial charge in [0.15, 0.2) is 0 Å². The second-order valence-electron chi connectivity index (χ2n) is 6.23. The number of benzene rings is 1. The van der Waals surface area contributed by atoms with Crippen LogP contribution in [0.15, 0.2) is 24.3 Å². The molecule has 4 nitrogen and oxygen atoms in total. The zero-order valence-electron chi connectivity index (χ0n) is 12.8. The minimum Gasteiger partial charge on any atom is -0.497 e. The number of nitriles is 1. The standard InChI is InChI=1S/C17H18F2N2O2/c1-23-13-6-2-11(3-7-13)8-21-9-14(15(18)19)17(10-20,16(21)22)12-4-5-12/h2-3,6-7,12,14-15H,4-5,8-9H2,1H3. The summed E-state index contributed by atoms with van der Waals surface area (Å²) >= 11 is 0. The number of nitrogens with zero attached hydrogens (tertiary/aromatic N) is 2. The zero-order chi connectivity index (χ0) is 16.6. The Kier molecular flexibility index (Phi) is 3.97. The molecular weight excluding hydrogens is 302 g/mol. The van der Waals surface area contributed by atoms with Crippen LogP contribution in [0.2, 0.25) is 0 Å². The van der Waals surface area contributed by atoms with E-state index in [1.165, 1.54) is 4.90 Å². The number of halogens is 2. The van der Waals surface area contributed by atoms with E-state index in [1.807, 2.05) is 6.07 Å². The Morgan fingerprint density at radius 3 is 2.52 bits per heavy atom. The first-order valence-electron chi connectivity index (χ1n) is 7.64. The molecule has 23 heavy (non-hydrogen) atoms. The Bertz CT molecular complexity index is 637. The lowest BCUT2D eigenvalue weighted by molar-refractivity contribution is -0.136. The van der Waals surface area contributed by atoms with E-state index in [4.69, 9.17) is 4.74 Å². The van der Waals surface area contributed by atoms with E-state index in [1.54, 1.807) is 31.4 Å². The lowest BCUT2D eigenvalue weighted by Crippen LogP contribution is -2.39. The van der Waals surface area contributed by atoms with Gasteiger partial charge in [0, 0.05) is 13.1 Å². The van der Waals surface area contributed by atoms with Crippen LogP contribution in [0.4, 0.5) is 8.78 Å². The van der Waals surface area contributed by atoms with Crippen molar-refractivity contribution in [2.45, 2.75) is 25.8 Å². The maximum absolute atomic E-state index is 13.4. The average Bonchev–Trinajstić information content (AvgIpc) is 3.35. The van der Waals surface area contributed by atoms with Gasteiger partial charge in [-0.05, 0) is 36.5 Å². The van der Waals surface area contributed by atoms with Gasteiger partial charge in [0.25, 0.3) is 0 Å². The predicted molar refractivity (Wildman–Crippen MR) is 78.7 cm³/mol. The summed E-state index contributed by atoms with van der Waals surface area (Å²) in [7, 11) is 1.56. The summed E-state index contributed by atoms with van der Waals surface area (Å²) in [5.41, 5.74) is -0.711. The number of hydrogen-bond donors (Lipinski definition) is 0. The smallest absolute Gasteiger partial charge is 0.245 e. The fraction of sp³-hybridized carbons (Fsp3) is 0.529. The van der Waals surface area contributed by atoms with Crippen LogP contribution in [0.1, 0.15) is 18.4 Å². The molecule has 1 heterocycles. The molecule has 1 aliphatic heterocycles. The number of amides is 1. The van der Waals surface area contributed by atoms with E-state index in [0.717, 1.165) is 5.56 Å². The molecule has 1 aromatic rings. The molecule has 0 radical (unpaired) electrons. The number of hydrogen-bond acceptors (Lipinski definition) is 3. The molecule has 0 spiro atoms. The highest BCUT2D eigenvalue weighted by Crippen LogP contribution is 2.55. The molecule has 1 aromatic carbocycles. The minimum atomic E-state index is -2.67. The molecule has 1 saturated heterocycles. The largest absolute Gasteiger partial charge is 0.497 e. The van der Waals surface area contributed by atoms with Crippen molar-refractivity contribution in [2.24, 2.45) is 17.3 Å². The van der Waals surface area contributed by atoms with Crippen molar-refractivity contribution in [2.75, 3.05) is 13.7 Å². The van der Waals surface area contributed by atoms with E-state index >= 15 is 0 Å². The van der Waals surface area contributed by atoms with E-state index in [9.17, 15) is 18.8 Å². The summed E-state index contributed by atoms with van der Waals surface area (Å²) in [5, 5.41) is 9.52. The van der Waals surface area contributed by atoms with Gasteiger partial charge < -0.3 is 9.64 Å². The summed E-state index contributed by atoms with van der Waals surface area (Å²) in [4.78, 5) is 14.1. The summed E-state index contributed by atoms with van der Waals surface area (Å²) in [6, 6.07) is 9.09. The van der Waals surface area contributed by atoms with Gasteiger partial charge in [-0.15, -0.1) is 0 Å². The molecular formula is C17H18F2N2O2. The third-order valence-electron chi connectivity index (χ3n) is 4.89. The lowest BCUT2D eigenvalue weighted by Gasteiger charge is -2.24. The van der Waals surface area contributed by atoms with Crippen LogP contribution in [0.25, 0.3) is 0 Å². The summed E-state index contributed by atoms with van der Waals surface area (Å²) in [6.07, 6.45) is -1.31. The second-order valence-corrected chi connectivity index (χ2v) is 6.23. The van der Waals surface area contributed by atoms with Crippen LogP contribution in [0.3, 0.4) is 0 Å². The van der Waals surface area contributed by atoms with Gasteiger partial charge in [0.2, 0.25) is 12.3 Å².